The van der Waals surface area contributed by atoms with Gasteiger partial charge in [-0.1, -0.05) is 78.6 Å². The van der Waals surface area contributed by atoms with Gasteiger partial charge in [0.15, 0.2) is 0 Å². The average Bonchev–Trinajstić information content (AvgIpc) is 2.13. The van der Waals surface area contributed by atoms with E-state index >= 15 is 0 Å². The number of hydrogen-bond donors (Lipinski definition) is 0. The highest BCUT2D eigenvalue weighted by molar-refractivity contribution is 4.54. The predicted octanol–water partition coefficient (Wildman–Crippen LogP) is 4.99. The van der Waals surface area contributed by atoms with Crippen molar-refractivity contribution in [3.8, 4) is 0 Å². The third kappa shape index (κ3) is 9.92. The maximum Gasteiger partial charge on any atom is -0.0443 e. The molecule has 0 aromatic carbocycles. The van der Waals surface area contributed by atoms with Crippen molar-refractivity contribution in [3.05, 3.63) is 6.92 Å². The zero-order chi connectivity index (χ0) is 9.94. The van der Waals surface area contributed by atoms with E-state index in [2.05, 4.69) is 20.8 Å². The second kappa shape index (κ2) is 10.1. The lowest BCUT2D eigenvalue weighted by molar-refractivity contribution is 0.440. The molecule has 0 saturated carbocycles. The van der Waals surface area contributed by atoms with E-state index in [4.69, 9.17) is 0 Å². The third-order valence-corrected chi connectivity index (χ3v) is 2.75. The Morgan fingerprint density at radius 3 is 2.08 bits per heavy atom. The van der Waals surface area contributed by atoms with Crippen molar-refractivity contribution < 1.29 is 0 Å². The van der Waals surface area contributed by atoms with Gasteiger partial charge in [-0.2, -0.15) is 0 Å². The first-order chi connectivity index (χ1) is 6.31. The summed E-state index contributed by atoms with van der Waals surface area (Å²) >= 11 is 0. The first kappa shape index (κ1) is 13.0. The molecule has 0 rings (SSSR count). The summed E-state index contributed by atoms with van der Waals surface area (Å²) in [5, 5.41) is 0. The standard InChI is InChI=1S/C13H27/c1-4-6-8-10-12-13(3)11-9-7-5-2/h13H,1,4-12H2,2-3H3. The van der Waals surface area contributed by atoms with Crippen molar-refractivity contribution in [3.63, 3.8) is 0 Å². The molecule has 0 heterocycles. The first-order valence-corrected chi connectivity index (χ1v) is 6.10. The molecule has 0 nitrogen and oxygen atoms in total. The summed E-state index contributed by atoms with van der Waals surface area (Å²) in [6.45, 7) is 8.54. The van der Waals surface area contributed by atoms with Gasteiger partial charge in [0.25, 0.3) is 0 Å². The lowest BCUT2D eigenvalue weighted by Gasteiger charge is -2.10. The summed E-state index contributed by atoms with van der Waals surface area (Å²) in [5.74, 6) is 0.955. The van der Waals surface area contributed by atoms with Crippen LogP contribution in [0.25, 0.3) is 0 Å². The number of hydrogen-bond acceptors (Lipinski definition) is 0. The number of unbranched alkanes of at least 4 members (excludes halogenated alkanes) is 5. The van der Waals surface area contributed by atoms with Crippen molar-refractivity contribution in [1.82, 2.24) is 0 Å². The fourth-order valence-corrected chi connectivity index (χ4v) is 1.73. The number of rotatable bonds is 9. The van der Waals surface area contributed by atoms with E-state index in [1.807, 2.05) is 0 Å². The molecule has 0 N–H and O–H groups in total. The van der Waals surface area contributed by atoms with Crippen LogP contribution in [0, 0.1) is 12.8 Å². The molecule has 0 aliphatic heterocycles. The van der Waals surface area contributed by atoms with Crippen molar-refractivity contribution in [2.45, 2.75) is 71.6 Å². The third-order valence-electron chi connectivity index (χ3n) is 2.75. The molecule has 0 spiro atoms. The summed E-state index contributed by atoms with van der Waals surface area (Å²) in [4.78, 5) is 0. The van der Waals surface area contributed by atoms with E-state index in [0.717, 1.165) is 12.3 Å². The van der Waals surface area contributed by atoms with Gasteiger partial charge in [0.05, 0.1) is 0 Å². The second-order valence-electron chi connectivity index (χ2n) is 4.30. The SMILES string of the molecule is [CH2]CCCCCC(C)CCCCC. The van der Waals surface area contributed by atoms with Crippen LogP contribution in [0.1, 0.15) is 71.6 Å². The summed E-state index contributed by atoms with van der Waals surface area (Å²) in [5.41, 5.74) is 0. The molecule has 0 fully saturated rings. The molecule has 1 atom stereocenters. The van der Waals surface area contributed by atoms with Crippen LogP contribution in [-0.2, 0) is 0 Å². The molecule has 0 aliphatic rings. The minimum atomic E-state index is 0.955. The van der Waals surface area contributed by atoms with Crippen LogP contribution in [0.4, 0.5) is 0 Å². The highest BCUT2D eigenvalue weighted by atomic mass is 14.1. The van der Waals surface area contributed by atoms with Crippen molar-refractivity contribution in [1.29, 1.82) is 0 Å². The highest BCUT2D eigenvalue weighted by Gasteiger charge is 2.00. The summed E-state index contributed by atoms with van der Waals surface area (Å²) in [6.07, 6.45) is 12.3. The molecule has 0 bridgehead atoms. The zero-order valence-electron chi connectivity index (χ0n) is 9.65. The molecule has 0 saturated heterocycles. The fourth-order valence-electron chi connectivity index (χ4n) is 1.73. The Hall–Kier alpha value is 0. The average molecular weight is 183 g/mol. The summed E-state index contributed by atoms with van der Waals surface area (Å²) in [6, 6.07) is 0. The second-order valence-corrected chi connectivity index (χ2v) is 4.30. The van der Waals surface area contributed by atoms with E-state index in [1.165, 1.54) is 51.4 Å². The molecule has 0 aliphatic carbocycles. The zero-order valence-corrected chi connectivity index (χ0v) is 9.65. The van der Waals surface area contributed by atoms with Gasteiger partial charge < -0.3 is 0 Å². The first-order valence-electron chi connectivity index (χ1n) is 6.10. The largest absolute Gasteiger partial charge is 0.0654 e. The Labute approximate surface area is 85.1 Å². The van der Waals surface area contributed by atoms with Crippen LogP contribution in [0.2, 0.25) is 0 Å². The minimum absolute atomic E-state index is 0.955. The Balaban J connectivity index is 3.05. The lowest BCUT2D eigenvalue weighted by Crippen LogP contribution is -1.94. The van der Waals surface area contributed by atoms with Crippen LogP contribution in [0.5, 0.6) is 0 Å². The van der Waals surface area contributed by atoms with Crippen molar-refractivity contribution in [2.24, 2.45) is 5.92 Å². The van der Waals surface area contributed by atoms with E-state index in [1.54, 1.807) is 0 Å². The topological polar surface area (TPSA) is 0 Å². The fraction of sp³-hybridized carbons (Fsp3) is 0.923. The summed E-state index contributed by atoms with van der Waals surface area (Å²) < 4.78 is 0. The smallest absolute Gasteiger partial charge is 0.0443 e. The van der Waals surface area contributed by atoms with E-state index in [9.17, 15) is 0 Å². The van der Waals surface area contributed by atoms with Gasteiger partial charge in [0, 0.05) is 0 Å². The molecule has 0 amide bonds. The van der Waals surface area contributed by atoms with Crippen LogP contribution < -0.4 is 0 Å². The Bertz CT molecular complexity index is 86.0. The maximum atomic E-state index is 3.86. The molecule has 0 heteroatoms. The Morgan fingerprint density at radius 2 is 1.54 bits per heavy atom. The maximum absolute atomic E-state index is 3.86. The highest BCUT2D eigenvalue weighted by Crippen LogP contribution is 2.16. The quantitative estimate of drug-likeness (QED) is 0.442. The normalized spacial score (nSPS) is 13.2. The van der Waals surface area contributed by atoms with Gasteiger partial charge in [0.2, 0.25) is 0 Å². The van der Waals surface area contributed by atoms with E-state index in [0.29, 0.717) is 0 Å². The minimum Gasteiger partial charge on any atom is -0.0654 e. The lowest BCUT2D eigenvalue weighted by atomic mass is 9.97. The van der Waals surface area contributed by atoms with E-state index in [-0.39, 0.29) is 0 Å². The molecule has 0 aromatic rings. The van der Waals surface area contributed by atoms with Crippen LogP contribution in [0.15, 0.2) is 0 Å². The molecule has 1 radical (unpaired) electrons. The van der Waals surface area contributed by atoms with Gasteiger partial charge in [-0.15, -0.1) is 0 Å². The summed E-state index contributed by atoms with van der Waals surface area (Å²) in [7, 11) is 0. The van der Waals surface area contributed by atoms with Crippen molar-refractivity contribution in [2.75, 3.05) is 0 Å². The van der Waals surface area contributed by atoms with Crippen LogP contribution in [0.3, 0.4) is 0 Å². The predicted molar refractivity (Wildman–Crippen MR) is 61.7 cm³/mol. The Kier molecular flexibility index (Phi) is 10.1. The molecule has 0 aromatic heterocycles. The van der Waals surface area contributed by atoms with E-state index < -0.39 is 0 Å². The molecular weight excluding hydrogens is 156 g/mol. The Morgan fingerprint density at radius 1 is 0.923 bits per heavy atom. The van der Waals surface area contributed by atoms with Gasteiger partial charge in [-0.3, -0.25) is 0 Å². The van der Waals surface area contributed by atoms with Gasteiger partial charge in [-0.05, 0) is 5.92 Å². The van der Waals surface area contributed by atoms with Crippen LogP contribution in [-0.4, -0.2) is 0 Å². The van der Waals surface area contributed by atoms with Gasteiger partial charge in [-0.25, -0.2) is 0 Å². The van der Waals surface area contributed by atoms with Crippen LogP contribution >= 0.6 is 0 Å². The van der Waals surface area contributed by atoms with Gasteiger partial charge in [0.1, 0.15) is 0 Å². The molecule has 79 valence electrons. The molecule has 13 heavy (non-hydrogen) atoms. The van der Waals surface area contributed by atoms with Gasteiger partial charge >= 0.3 is 0 Å². The van der Waals surface area contributed by atoms with Crippen molar-refractivity contribution >= 4 is 0 Å². The molecule has 1 unspecified atom stereocenters. The molecular formula is C13H27. The monoisotopic (exact) mass is 183 g/mol.